The van der Waals surface area contributed by atoms with E-state index in [1.807, 2.05) is 6.08 Å². The smallest absolute Gasteiger partial charge is 0.408 e. The molecule has 1 amide bonds. The van der Waals surface area contributed by atoms with Crippen LogP contribution >= 0.6 is 0 Å². The third-order valence-electron chi connectivity index (χ3n) is 3.99. The number of ether oxygens (including phenoxy) is 2. The number of hydrogen-bond acceptors (Lipinski definition) is 4. The van der Waals surface area contributed by atoms with Crippen molar-refractivity contribution in [2.45, 2.75) is 104 Å². The number of esters is 1. The van der Waals surface area contributed by atoms with Crippen LogP contribution in [0.5, 0.6) is 0 Å². The van der Waals surface area contributed by atoms with Crippen LogP contribution in [-0.2, 0) is 14.3 Å². The van der Waals surface area contributed by atoms with Gasteiger partial charge in [-0.05, 0) is 52.5 Å². The van der Waals surface area contributed by atoms with Crippen LogP contribution in [0.4, 0.5) is 4.79 Å². The molecule has 0 aromatic rings. The molecular formula is C25H39NO4. The van der Waals surface area contributed by atoms with E-state index >= 15 is 0 Å². The third-order valence-corrected chi connectivity index (χ3v) is 3.99. The lowest BCUT2D eigenvalue weighted by molar-refractivity contribution is -0.143. The zero-order valence-corrected chi connectivity index (χ0v) is 19.4. The second kappa shape index (κ2) is 17.5. The summed E-state index contributed by atoms with van der Waals surface area (Å²) in [5, 5.41) is 2.51. The summed E-state index contributed by atoms with van der Waals surface area (Å²) < 4.78 is 9.89. The maximum Gasteiger partial charge on any atom is 0.408 e. The highest BCUT2D eigenvalue weighted by atomic mass is 16.6. The fraction of sp³-hybridized carbons (Fsp3) is 0.680. The molecule has 5 nitrogen and oxygen atoms in total. The van der Waals surface area contributed by atoms with Crippen molar-refractivity contribution in [1.29, 1.82) is 0 Å². The Bertz CT molecular complexity index is 638. The fourth-order valence-corrected chi connectivity index (χ4v) is 2.44. The first kappa shape index (κ1) is 27.6. The number of rotatable bonds is 11. The van der Waals surface area contributed by atoms with Gasteiger partial charge < -0.3 is 14.8 Å². The van der Waals surface area contributed by atoms with Crippen molar-refractivity contribution in [1.82, 2.24) is 5.32 Å². The molecule has 0 aliphatic carbocycles. The number of amides is 1. The maximum atomic E-state index is 11.8. The van der Waals surface area contributed by atoms with Gasteiger partial charge in [-0.15, -0.1) is 11.8 Å². The molecule has 0 heterocycles. The Morgan fingerprint density at radius 2 is 1.70 bits per heavy atom. The second-order valence-electron chi connectivity index (χ2n) is 8.06. The van der Waals surface area contributed by atoms with E-state index in [0.29, 0.717) is 0 Å². The second-order valence-corrected chi connectivity index (χ2v) is 8.06. The minimum atomic E-state index is -0.836. The largest absolute Gasteiger partial charge is 0.467 e. The predicted octanol–water partition coefficient (Wildman–Crippen LogP) is 5.54. The standard InChI is InChI=1S/C25H39NO4/c1-6-7-8-9-10-11-12-13-14-15-16-17-18-19-20-21-22(23(27)29-5)26-24(28)30-25(2,3)4/h11-12,22H,6-10,15-18,21H2,1-5H3,(H,26,28)/b12-11+/t22-/m0/s1. The number of allylic oxidation sites excluding steroid dienone is 2. The van der Waals surface area contributed by atoms with E-state index in [1.54, 1.807) is 20.8 Å². The first-order valence-electron chi connectivity index (χ1n) is 11.0. The molecule has 0 spiro atoms. The first-order chi connectivity index (χ1) is 14.3. The highest BCUT2D eigenvalue weighted by Gasteiger charge is 2.24. The molecule has 0 aromatic carbocycles. The number of methoxy groups -OCH3 is 1. The SMILES string of the molecule is CCCCCC/C=C/C#CCCCCC#CC[C@H](NC(=O)OC(C)(C)C)C(=O)OC. The molecule has 1 atom stereocenters. The average molecular weight is 418 g/mol. The highest BCUT2D eigenvalue weighted by Crippen LogP contribution is 2.07. The van der Waals surface area contributed by atoms with E-state index in [0.717, 1.165) is 32.1 Å². The van der Waals surface area contributed by atoms with Crippen molar-refractivity contribution in [3.63, 3.8) is 0 Å². The van der Waals surface area contributed by atoms with Gasteiger partial charge >= 0.3 is 12.1 Å². The summed E-state index contributed by atoms with van der Waals surface area (Å²) in [5.74, 6) is 11.7. The van der Waals surface area contributed by atoms with Crippen molar-refractivity contribution in [3.8, 4) is 23.7 Å². The minimum Gasteiger partial charge on any atom is -0.467 e. The molecule has 0 saturated heterocycles. The van der Waals surface area contributed by atoms with Gasteiger partial charge in [-0.1, -0.05) is 44.1 Å². The van der Waals surface area contributed by atoms with Gasteiger partial charge in [-0.25, -0.2) is 9.59 Å². The Morgan fingerprint density at radius 1 is 1.00 bits per heavy atom. The van der Waals surface area contributed by atoms with Crippen LogP contribution in [0.1, 0.15) is 91.9 Å². The quantitative estimate of drug-likeness (QED) is 0.272. The summed E-state index contributed by atoms with van der Waals surface area (Å²) in [6.07, 6.45) is 13.4. The first-order valence-corrected chi connectivity index (χ1v) is 11.0. The van der Waals surface area contributed by atoms with Crippen LogP contribution in [0.3, 0.4) is 0 Å². The summed E-state index contributed by atoms with van der Waals surface area (Å²) in [4.78, 5) is 23.7. The Balaban J connectivity index is 4.07. The van der Waals surface area contributed by atoms with E-state index in [1.165, 1.54) is 32.8 Å². The minimum absolute atomic E-state index is 0.189. The molecule has 168 valence electrons. The number of alkyl carbamates (subject to hydrolysis) is 1. The molecule has 0 aliphatic rings. The number of carbonyl (C=O) groups is 2. The third kappa shape index (κ3) is 17.7. The topological polar surface area (TPSA) is 64.6 Å². The van der Waals surface area contributed by atoms with Crippen molar-refractivity contribution in [2.24, 2.45) is 0 Å². The maximum absolute atomic E-state index is 11.8. The number of nitrogens with one attached hydrogen (secondary N) is 1. The summed E-state index contributed by atoms with van der Waals surface area (Å²) in [6, 6.07) is -0.836. The van der Waals surface area contributed by atoms with Gasteiger partial charge in [0.1, 0.15) is 11.6 Å². The van der Waals surface area contributed by atoms with E-state index in [-0.39, 0.29) is 6.42 Å². The van der Waals surface area contributed by atoms with E-state index < -0.39 is 23.7 Å². The van der Waals surface area contributed by atoms with Gasteiger partial charge in [-0.3, -0.25) is 0 Å². The van der Waals surface area contributed by atoms with Crippen LogP contribution < -0.4 is 5.32 Å². The Labute approximate surface area is 183 Å². The molecular weight excluding hydrogens is 378 g/mol. The Kier molecular flexibility index (Phi) is 16.1. The van der Waals surface area contributed by atoms with Gasteiger partial charge in [0.25, 0.3) is 0 Å². The van der Waals surface area contributed by atoms with Crippen molar-refractivity contribution < 1.29 is 19.1 Å². The van der Waals surface area contributed by atoms with E-state index in [9.17, 15) is 9.59 Å². The molecule has 0 radical (unpaired) electrons. The van der Waals surface area contributed by atoms with Gasteiger partial charge in [0.05, 0.1) is 7.11 Å². The van der Waals surface area contributed by atoms with Crippen molar-refractivity contribution in [2.75, 3.05) is 7.11 Å². The van der Waals surface area contributed by atoms with Gasteiger partial charge in [0, 0.05) is 19.3 Å². The molecule has 1 N–H and O–H groups in total. The van der Waals surface area contributed by atoms with Crippen molar-refractivity contribution in [3.05, 3.63) is 12.2 Å². The van der Waals surface area contributed by atoms with Crippen LogP contribution in [0.25, 0.3) is 0 Å². The molecule has 30 heavy (non-hydrogen) atoms. The molecule has 0 rings (SSSR count). The number of hydrogen-bond donors (Lipinski definition) is 1. The molecule has 0 saturated carbocycles. The molecule has 0 aliphatic heterocycles. The fourth-order valence-electron chi connectivity index (χ4n) is 2.44. The average Bonchev–Trinajstić information content (AvgIpc) is 2.68. The van der Waals surface area contributed by atoms with E-state index in [2.05, 4.69) is 42.0 Å². The normalized spacial score (nSPS) is 11.6. The van der Waals surface area contributed by atoms with Crippen LogP contribution in [-0.4, -0.2) is 30.8 Å². The lowest BCUT2D eigenvalue weighted by Gasteiger charge is -2.21. The zero-order valence-electron chi connectivity index (χ0n) is 19.4. The van der Waals surface area contributed by atoms with Crippen LogP contribution in [0, 0.1) is 23.7 Å². The summed E-state index contributed by atoms with van der Waals surface area (Å²) in [6.45, 7) is 7.49. The lowest BCUT2D eigenvalue weighted by atomic mass is 10.1. The summed E-state index contributed by atoms with van der Waals surface area (Å²) in [5.41, 5.74) is -0.635. The van der Waals surface area contributed by atoms with Gasteiger partial charge in [-0.2, -0.15) is 0 Å². The highest BCUT2D eigenvalue weighted by molar-refractivity contribution is 5.81. The monoisotopic (exact) mass is 417 g/mol. The molecule has 0 bridgehead atoms. The lowest BCUT2D eigenvalue weighted by Crippen LogP contribution is -2.43. The molecule has 0 fully saturated rings. The predicted molar refractivity (Wildman–Crippen MR) is 122 cm³/mol. The van der Waals surface area contributed by atoms with Gasteiger partial charge in [0.2, 0.25) is 0 Å². The van der Waals surface area contributed by atoms with Crippen molar-refractivity contribution >= 4 is 12.1 Å². The summed E-state index contributed by atoms with van der Waals surface area (Å²) >= 11 is 0. The molecule has 0 aromatic heterocycles. The van der Waals surface area contributed by atoms with Crippen LogP contribution in [0.15, 0.2) is 12.2 Å². The van der Waals surface area contributed by atoms with Gasteiger partial charge in [0.15, 0.2) is 0 Å². The Hall–Kier alpha value is -2.40. The summed E-state index contributed by atoms with van der Waals surface area (Å²) in [7, 11) is 1.28. The molecule has 5 heteroatoms. The van der Waals surface area contributed by atoms with E-state index in [4.69, 9.17) is 9.47 Å². The Morgan fingerprint density at radius 3 is 2.33 bits per heavy atom. The number of carbonyl (C=O) groups excluding carboxylic acids is 2. The zero-order chi connectivity index (χ0) is 22.7. The molecule has 0 unspecified atom stereocenters. The number of unbranched alkanes of at least 4 members (excludes halogenated alkanes) is 7. The van der Waals surface area contributed by atoms with Crippen LogP contribution in [0.2, 0.25) is 0 Å².